The van der Waals surface area contributed by atoms with Crippen LogP contribution in [0, 0.1) is 5.82 Å². The molecule has 0 bridgehead atoms. The zero-order chi connectivity index (χ0) is 23.1. The third kappa shape index (κ3) is 6.54. The number of carbonyl (C=O) groups excluding carboxylic acids is 3. The van der Waals surface area contributed by atoms with Crippen LogP contribution in [0.15, 0.2) is 18.2 Å². The summed E-state index contributed by atoms with van der Waals surface area (Å²) in [5.74, 6) is -1.08. The van der Waals surface area contributed by atoms with Gasteiger partial charge >= 0.3 is 12.1 Å². The Labute approximate surface area is 186 Å². The van der Waals surface area contributed by atoms with E-state index in [-0.39, 0.29) is 25.5 Å². The number of nitrogens with zero attached hydrogens (tertiary/aromatic N) is 2. The molecule has 3 rings (SSSR count). The molecule has 176 valence electrons. The summed E-state index contributed by atoms with van der Waals surface area (Å²) in [6, 6.07) is 4.71. The molecule has 1 aromatic rings. The molecule has 2 heterocycles. The van der Waals surface area contributed by atoms with Crippen molar-refractivity contribution in [2.45, 2.75) is 26.1 Å². The molecule has 0 spiro atoms. The number of amides is 2. The lowest BCUT2D eigenvalue weighted by Gasteiger charge is -2.29. The second-order valence-electron chi connectivity index (χ2n) is 7.68. The molecule has 2 atom stereocenters. The monoisotopic (exact) mass is 452 g/mol. The smallest absolute Gasteiger partial charge is 0.414 e. The van der Waals surface area contributed by atoms with Gasteiger partial charge in [-0.2, -0.15) is 0 Å². The fourth-order valence-corrected chi connectivity index (χ4v) is 3.62. The van der Waals surface area contributed by atoms with E-state index < -0.39 is 30.1 Å². The first-order valence-corrected chi connectivity index (χ1v) is 10.6. The van der Waals surface area contributed by atoms with E-state index in [0.29, 0.717) is 44.2 Å². The predicted molar refractivity (Wildman–Crippen MR) is 114 cm³/mol. The summed E-state index contributed by atoms with van der Waals surface area (Å²) >= 11 is 0. The Morgan fingerprint density at radius 3 is 2.66 bits per heavy atom. The van der Waals surface area contributed by atoms with Gasteiger partial charge in [0.05, 0.1) is 37.7 Å². The summed E-state index contributed by atoms with van der Waals surface area (Å²) in [7, 11) is 0. The Hall–Kier alpha value is -2.92. The Balaban J connectivity index is 1.52. The SMILES string of the molecule is CC(=O)NCC(CNCC1CN(c2ccc(N3CCOCC3)c(F)c2)C(=O)O1)OC(C)=O. The molecule has 2 unspecified atom stereocenters. The topological polar surface area (TPSA) is 109 Å². The average Bonchev–Trinajstić information content (AvgIpc) is 3.12. The molecule has 32 heavy (non-hydrogen) atoms. The molecule has 2 N–H and O–H groups in total. The molecule has 0 aliphatic carbocycles. The Morgan fingerprint density at radius 2 is 2.00 bits per heavy atom. The van der Waals surface area contributed by atoms with E-state index in [1.165, 1.54) is 24.8 Å². The molecule has 2 aliphatic rings. The second kappa shape index (κ2) is 11.1. The number of carbonyl (C=O) groups is 3. The van der Waals surface area contributed by atoms with Gasteiger partial charge in [0.2, 0.25) is 5.91 Å². The number of esters is 1. The molecule has 2 fully saturated rings. The average molecular weight is 452 g/mol. The number of benzene rings is 1. The highest BCUT2D eigenvalue weighted by Crippen LogP contribution is 2.28. The second-order valence-corrected chi connectivity index (χ2v) is 7.68. The Morgan fingerprint density at radius 1 is 1.25 bits per heavy atom. The molecule has 0 saturated carbocycles. The molecular formula is C21H29FN4O6. The van der Waals surface area contributed by atoms with Crippen molar-refractivity contribution in [1.29, 1.82) is 0 Å². The van der Waals surface area contributed by atoms with Crippen LogP contribution in [0.1, 0.15) is 13.8 Å². The van der Waals surface area contributed by atoms with E-state index in [1.54, 1.807) is 12.1 Å². The van der Waals surface area contributed by atoms with Gasteiger partial charge in [0.1, 0.15) is 18.0 Å². The number of hydrogen-bond donors (Lipinski definition) is 2. The quantitative estimate of drug-likeness (QED) is 0.526. The number of halogens is 1. The van der Waals surface area contributed by atoms with Crippen LogP contribution >= 0.6 is 0 Å². The Kier molecular flexibility index (Phi) is 8.23. The summed E-state index contributed by atoms with van der Waals surface area (Å²) in [5.41, 5.74) is 0.911. The van der Waals surface area contributed by atoms with E-state index in [1.807, 2.05) is 4.90 Å². The minimum absolute atomic E-state index is 0.174. The van der Waals surface area contributed by atoms with E-state index in [2.05, 4.69) is 10.6 Å². The minimum atomic E-state index is -0.551. The molecule has 1 aromatic carbocycles. The van der Waals surface area contributed by atoms with Crippen LogP contribution in [0.5, 0.6) is 0 Å². The van der Waals surface area contributed by atoms with E-state index >= 15 is 0 Å². The van der Waals surface area contributed by atoms with E-state index in [4.69, 9.17) is 14.2 Å². The van der Waals surface area contributed by atoms with Gasteiger partial charge in [-0.25, -0.2) is 9.18 Å². The van der Waals surface area contributed by atoms with Crippen molar-refractivity contribution in [3.63, 3.8) is 0 Å². The third-order valence-corrected chi connectivity index (χ3v) is 5.12. The van der Waals surface area contributed by atoms with E-state index in [0.717, 1.165) is 0 Å². The third-order valence-electron chi connectivity index (χ3n) is 5.12. The maximum absolute atomic E-state index is 14.7. The number of anilines is 2. The van der Waals surface area contributed by atoms with Gasteiger partial charge in [-0.3, -0.25) is 14.5 Å². The van der Waals surface area contributed by atoms with Gasteiger partial charge in [0, 0.05) is 40.0 Å². The van der Waals surface area contributed by atoms with Gasteiger partial charge in [-0.1, -0.05) is 0 Å². The standard InChI is InChI=1S/C21H29FN4O6/c1-14(27)24-12-17(31-15(2)28)10-23-11-18-13-26(21(29)32-18)16-3-4-20(19(22)9-16)25-5-7-30-8-6-25/h3-4,9,17-18,23H,5-8,10-13H2,1-2H3,(H,24,27). The molecule has 0 radical (unpaired) electrons. The number of morpholine rings is 1. The van der Waals surface area contributed by atoms with Crippen molar-refractivity contribution >= 4 is 29.3 Å². The zero-order valence-corrected chi connectivity index (χ0v) is 18.3. The number of ether oxygens (including phenoxy) is 3. The van der Waals surface area contributed by atoms with Crippen LogP contribution in [0.4, 0.5) is 20.6 Å². The van der Waals surface area contributed by atoms with Gasteiger partial charge in [-0.15, -0.1) is 0 Å². The van der Waals surface area contributed by atoms with Crippen LogP contribution in [-0.4, -0.2) is 82.7 Å². The molecule has 2 saturated heterocycles. The summed E-state index contributed by atoms with van der Waals surface area (Å²) in [5, 5.41) is 5.69. The van der Waals surface area contributed by atoms with Crippen LogP contribution in [0.2, 0.25) is 0 Å². The molecule has 10 nitrogen and oxygen atoms in total. The summed E-state index contributed by atoms with van der Waals surface area (Å²) < 4.78 is 30.5. The highest BCUT2D eigenvalue weighted by Gasteiger charge is 2.33. The number of hydrogen-bond acceptors (Lipinski definition) is 8. The van der Waals surface area contributed by atoms with Crippen molar-refractivity contribution in [3.8, 4) is 0 Å². The number of rotatable bonds is 9. The molecule has 11 heteroatoms. The minimum Gasteiger partial charge on any atom is -0.459 e. The summed E-state index contributed by atoms with van der Waals surface area (Å²) in [4.78, 5) is 37.9. The first-order valence-electron chi connectivity index (χ1n) is 10.6. The first kappa shape index (κ1) is 23.7. The zero-order valence-electron chi connectivity index (χ0n) is 18.3. The van der Waals surface area contributed by atoms with Gasteiger partial charge in [0.15, 0.2) is 0 Å². The fourth-order valence-electron chi connectivity index (χ4n) is 3.62. The van der Waals surface area contributed by atoms with Gasteiger partial charge < -0.3 is 29.7 Å². The highest BCUT2D eigenvalue weighted by molar-refractivity contribution is 5.90. The molecule has 2 amide bonds. The maximum Gasteiger partial charge on any atom is 0.414 e. The van der Waals surface area contributed by atoms with Crippen LogP contribution < -0.4 is 20.4 Å². The number of cyclic esters (lactones) is 1. The largest absolute Gasteiger partial charge is 0.459 e. The van der Waals surface area contributed by atoms with Crippen molar-refractivity contribution < 1.29 is 33.0 Å². The molecule has 2 aliphatic heterocycles. The summed E-state index contributed by atoms with van der Waals surface area (Å²) in [6.45, 7) is 6.03. The van der Waals surface area contributed by atoms with Crippen molar-refractivity contribution in [1.82, 2.24) is 10.6 Å². The lowest BCUT2D eigenvalue weighted by atomic mass is 10.2. The van der Waals surface area contributed by atoms with Crippen LogP contribution in [0.25, 0.3) is 0 Å². The summed E-state index contributed by atoms with van der Waals surface area (Å²) in [6.07, 6.45) is -1.56. The van der Waals surface area contributed by atoms with Crippen LogP contribution in [0.3, 0.4) is 0 Å². The normalized spacial score (nSPS) is 19.5. The van der Waals surface area contributed by atoms with Crippen LogP contribution in [-0.2, 0) is 23.8 Å². The van der Waals surface area contributed by atoms with Crippen molar-refractivity contribution in [2.75, 3.05) is 62.3 Å². The van der Waals surface area contributed by atoms with Crippen molar-refractivity contribution in [3.05, 3.63) is 24.0 Å². The lowest BCUT2D eigenvalue weighted by molar-refractivity contribution is -0.146. The predicted octanol–water partition coefficient (Wildman–Crippen LogP) is 0.645. The lowest BCUT2D eigenvalue weighted by Crippen LogP contribution is -2.42. The maximum atomic E-state index is 14.7. The highest BCUT2D eigenvalue weighted by atomic mass is 19.1. The molecule has 0 aromatic heterocycles. The fraction of sp³-hybridized carbons (Fsp3) is 0.571. The van der Waals surface area contributed by atoms with Gasteiger partial charge in [-0.05, 0) is 18.2 Å². The van der Waals surface area contributed by atoms with Gasteiger partial charge in [0.25, 0.3) is 0 Å². The molecular weight excluding hydrogens is 423 g/mol. The Bertz CT molecular complexity index is 833. The first-order chi connectivity index (χ1) is 15.3. The van der Waals surface area contributed by atoms with E-state index in [9.17, 15) is 18.8 Å². The number of nitrogens with one attached hydrogen (secondary N) is 2. The van der Waals surface area contributed by atoms with Crippen molar-refractivity contribution in [2.24, 2.45) is 0 Å².